The van der Waals surface area contributed by atoms with E-state index in [-0.39, 0.29) is 0 Å². The van der Waals surface area contributed by atoms with Gasteiger partial charge >= 0.3 is 0 Å². The van der Waals surface area contributed by atoms with E-state index >= 15 is 0 Å². The highest BCUT2D eigenvalue weighted by Gasteiger charge is 2.21. The Hall–Kier alpha value is -1.99. The van der Waals surface area contributed by atoms with Crippen LogP contribution in [0.1, 0.15) is 23.8 Å². The standard InChI is InChI=1S/C15H17N5OS/c1-10-18-19-14-5-4-11(8-20(10)14)16-7-12-9-22-15(17-12)13-3-2-6-21-13/h2-3,6,9,11,16H,4-5,7-8H2,1H3/t11-/m0/s1. The molecule has 1 atom stereocenters. The van der Waals surface area contributed by atoms with E-state index < -0.39 is 0 Å². The molecule has 22 heavy (non-hydrogen) atoms. The molecule has 1 aliphatic heterocycles. The summed E-state index contributed by atoms with van der Waals surface area (Å²) in [6, 6.07) is 4.26. The SMILES string of the molecule is Cc1nnc2n1C[C@@H](NCc1csc(-c3ccco3)n1)CC2. The molecule has 0 spiro atoms. The summed E-state index contributed by atoms with van der Waals surface area (Å²) >= 11 is 1.62. The molecular formula is C15H17N5OS. The molecule has 6 nitrogen and oxygen atoms in total. The lowest BCUT2D eigenvalue weighted by Crippen LogP contribution is -2.37. The fourth-order valence-electron chi connectivity index (χ4n) is 2.78. The van der Waals surface area contributed by atoms with Gasteiger partial charge in [-0.1, -0.05) is 0 Å². The number of hydrogen-bond donors (Lipinski definition) is 1. The van der Waals surface area contributed by atoms with Gasteiger partial charge in [-0.05, 0) is 25.5 Å². The van der Waals surface area contributed by atoms with Crippen LogP contribution in [0, 0.1) is 6.92 Å². The van der Waals surface area contributed by atoms with E-state index in [0.717, 1.165) is 54.0 Å². The summed E-state index contributed by atoms with van der Waals surface area (Å²) in [6.45, 7) is 3.72. The molecule has 0 amide bonds. The van der Waals surface area contributed by atoms with Gasteiger partial charge in [-0.2, -0.15) is 0 Å². The number of furan rings is 1. The fraction of sp³-hybridized carbons (Fsp3) is 0.400. The lowest BCUT2D eigenvalue weighted by atomic mass is 10.1. The molecule has 3 aromatic heterocycles. The molecule has 0 saturated heterocycles. The summed E-state index contributed by atoms with van der Waals surface area (Å²) in [5.74, 6) is 2.93. The van der Waals surface area contributed by atoms with Crippen molar-refractivity contribution in [3.63, 3.8) is 0 Å². The molecule has 0 unspecified atom stereocenters. The Bertz CT molecular complexity index is 761. The van der Waals surface area contributed by atoms with Crippen molar-refractivity contribution < 1.29 is 4.42 Å². The first-order valence-electron chi connectivity index (χ1n) is 7.40. The molecule has 114 valence electrons. The molecule has 4 heterocycles. The topological polar surface area (TPSA) is 68.8 Å². The van der Waals surface area contributed by atoms with Gasteiger partial charge in [-0.25, -0.2) is 4.98 Å². The fourth-order valence-corrected chi connectivity index (χ4v) is 3.57. The largest absolute Gasteiger partial charge is 0.462 e. The van der Waals surface area contributed by atoms with Crippen molar-refractivity contribution >= 4 is 11.3 Å². The maximum absolute atomic E-state index is 5.38. The first-order valence-corrected chi connectivity index (χ1v) is 8.28. The average molecular weight is 315 g/mol. The normalized spacial score (nSPS) is 17.6. The Morgan fingerprint density at radius 2 is 2.41 bits per heavy atom. The highest BCUT2D eigenvalue weighted by atomic mass is 32.1. The summed E-state index contributed by atoms with van der Waals surface area (Å²) in [5.41, 5.74) is 1.06. The first-order chi connectivity index (χ1) is 10.8. The molecule has 0 saturated carbocycles. The second-order valence-electron chi connectivity index (χ2n) is 5.51. The molecule has 1 N–H and O–H groups in total. The third-order valence-corrected chi connectivity index (χ3v) is 4.89. The van der Waals surface area contributed by atoms with E-state index in [1.807, 2.05) is 19.1 Å². The summed E-state index contributed by atoms with van der Waals surface area (Å²) < 4.78 is 7.59. The predicted octanol–water partition coefficient (Wildman–Crippen LogP) is 2.41. The summed E-state index contributed by atoms with van der Waals surface area (Å²) in [7, 11) is 0. The van der Waals surface area contributed by atoms with Crippen LogP contribution in [0.4, 0.5) is 0 Å². The van der Waals surface area contributed by atoms with Crippen molar-refractivity contribution in [1.82, 2.24) is 25.1 Å². The van der Waals surface area contributed by atoms with Gasteiger partial charge in [0.15, 0.2) is 10.8 Å². The second kappa shape index (κ2) is 5.66. The maximum Gasteiger partial charge on any atom is 0.162 e. The minimum Gasteiger partial charge on any atom is -0.462 e. The highest BCUT2D eigenvalue weighted by molar-refractivity contribution is 7.13. The van der Waals surface area contributed by atoms with Crippen LogP contribution in [0.3, 0.4) is 0 Å². The van der Waals surface area contributed by atoms with Crippen LogP contribution in [-0.4, -0.2) is 25.8 Å². The Morgan fingerprint density at radius 3 is 3.27 bits per heavy atom. The van der Waals surface area contributed by atoms with E-state index in [0.29, 0.717) is 6.04 Å². The Labute approximate surface area is 132 Å². The lowest BCUT2D eigenvalue weighted by molar-refractivity contribution is 0.374. The van der Waals surface area contributed by atoms with Crippen molar-refractivity contribution in [3.8, 4) is 10.8 Å². The zero-order chi connectivity index (χ0) is 14.9. The van der Waals surface area contributed by atoms with Gasteiger partial charge in [0.05, 0.1) is 12.0 Å². The third kappa shape index (κ3) is 2.57. The minimum atomic E-state index is 0.441. The van der Waals surface area contributed by atoms with E-state index in [4.69, 9.17) is 4.42 Å². The Morgan fingerprint density at radius 1 is 1.45 bits per heavy atom. The summed E-state index contributed by atoms with van der Waals surface area (Å²) in [5, 5.41) is 15.0. The van der Waals surface area contributed by atoms with Crippen LogP contribution in [0.2, 0.25) is 0 Å². The third-order valence-electron chi connectivity index (χ3n) is 3.99. The van der Waals surface area contributed by atoms with Gasteiger partial charge in [0.25, 0.3) is 0 Å². The van der Waals surface area contributed by atoms with Gasteiger partial charge in [0, 0.05) is 30.9 Å². The van der Waals surface area contributed by atoms with Crippen molar-refractivity contribution in [2.24, 2.45) is 0 Å². The quantitative estimate of drug-likeness (QED) is 0.800. The summed E-state index contributed by atoms with van der Waals surface area (Å²) in [6.07, 6.45) is 3.75. The molecular weight excluding hydrogens is 298 g/mol. The van der Waals surface area contributed by atoms with Gasteiger partial charge in [-0.15, -0.1) is 21.5 Å². The maximum atomic E-state index is 5.38. The zero-order valence-corrected chi connectivity index (χ0v) is 13.1. The minimum absolute atomic E-state index is 0.441. The smallest absolute Gasteiger partial charge is 0.162 e. The zero-order valence-electron chi connectivity index (χ0n) is 12.3. The number of nitrogens with zero attached hydrogens (tertiary/aromatic N) is 4. The molecule has 3 aromatic rings. The number of aryl methyl sites for hydroxylation is 2. The molecule has 1 aliphatic rings. The molecule has 0 fully saturated rings. The van der Waals surface area contributed by atoms with Crippen molar-refractivity contribution in [1.29, 1.82) is 0 Å². The van der Waals surface area contributed by atoms with Crippen LogP contribution in [-0.2, 0) is 19.5 Å². The average Bonchev–Trinajstić information content (AvgIpc) is 3.26. The van der Waals surface area contributed by atoms with Crippen LogP contribution >= 0.6 is 11.3 Å². The second-order valence-corrected chi connectivity index (χ2v) is 6.37. The number of nitrogens with one attached hydrogen (secondary N) is 1. The first kappa shape index (κ1) is 13.7. The van der Waals surface area contributed by atoms with Crippen molar-refractivity contribution in [2.75, 3.05) is 0 Å². The van der Waals surface area contributed by atoms with E-state index in [2.05, 4.69) is 30.4 Å². The van der Waals surface area contributed by atoms with Crippen molar-refractivity contribution in [3.05, 3.63) is 41.1 Å². The van der Waals surface area contributed by atoms with Gasteiger partial charge in [-0.3, -0.25) is 0 Å². The number of rotatable bonds is 4. The Kier molecular flexibility index (Phi) is 3.51. The summed E-state index contributed by atoms with van der Waals surface area (Å²) in [4.78, 5) is 4.62. The Balaban J connectivity index is 1.38. The van der Waals surface area contributed by atoms with Crippen LogP contribution in [0.25, 0.3) is 10.8 Å². The highest BCUT2D eigenvalue weighted by Crippen LogP contribution is 2.24. The predicted molar refractivity (Wildman–Crippen MR) is 83.5 cm³/mol. The lowest BCUT2D eigenvalue weighted by Gasteiger charge is -2.24. The van der Waals surface area contributed by atoms with Crippen molar-refractivity contribution in [2.45, 2.75) is 38.9 Å². The molecule has 0 aromatic carbocycles. The molecule has 0 radical (unpaired) electrons. The van der Waals surface area contributed by atoms with Gasteiger partial charge in [0.1, 0.15) is 11.6 Å². The molecule has 7 heteroatoms. The number of aromatic nitrogens is 4. The van der Waals surface area contributed by atoms with Gasteiger partial charge in [0.2, 0.25) is 0 Å². The van der Waals surface area contributed by atoms with Crippen LogP contribution in [0.5, 0.6) is 0 Å². The van der Waals surface area contributed by atoms with Crippen LogP contribution < -0.4 is 5.32 Å². The van der Waals surface area contributed by atoms with E-state index in [9.17, 15) is 0 Å². The number of thiazole rings is 1. The monoisotopic (exact) mass is 315 g/mol. The molecule has 0 bridgehead atoms. The molecule has 4 rings (SSSR count). The van der Waals surface area contributed by atoms with E-state index in [1.165, 1.54) is 0 Å². The number of fused-ring (bicyclic) bond motifs is 1. The van der Waals surface area contributed by atoms with Gasteiger partial charge < -0.3 is 14.3 Å². The molecule has 0 aliphatic carbocycles. The van der Waals surface area contributed by atoms with Crippen LogP contribution in [0.15, 0.2) is 28.2 Å². The number of hydrogen-bond acceptors (Lipinski definition) is 6. The van der Waals surface area contributed by atoms with E-state index in [1.54, 1.807) is 17.6 Å².